The highest BCUT2D eigenvalue weighted by molar-refractivity contribution is 5.44. The van der Waals surface area contributed by atoms with Crippen molar-refractivity contribution < 1.29 is 9.47 Å². The van der Waals surface area contributed by atoms with Crippen LogP contribution < -0.4 is 14.8 Å². The number of hydrogen-bond acceptors (Lipinski definition) is 4. The monoisotopic (exact) mass is 262 g/mol. The van der Waals surface area contributed by atoms with Crippen LogP contribution in [0, 0.1) is 0 Å². The molecule has 4 nitrogen and oxygen atoms in total. The minimum Gasteiger partial charge on any atom is -0.454 e. The van der Waals surface area contributed by atoms with Gasteiger partial charge in [-0.15, -0.1) is 0 Å². The summed E-state index contributed by atoms with van der Waals surface area (Å²) in [7, 11) is 0. The summed E-state index contributed by atoms with van der Waals surface area (Å²) < 4.78 is 10.8. The first-order valence-corrected chi connectivity index (χ1v) is 7.12. The molecular weight excluding hydrogens is 240 g/mol. The normalized spacial score (nSPS) is 26.6. The molecule has 2 aliphatic rings. The lowest BCUT2D eigenvalue weighted by Gasteiger charge is -2.39. The highest BCUT2D eigenvalue weighted by atomic mass is 16.7. The molecule has 2 heterocycles. The quantitative estimate of drug-likeness (QED) is 0.903. The van der Waals surface area contributed by atoms with Gasteiger partial charge in [-0.2, -0.15) is 0 Å². The van der Waals surface area contributed by atoms with Crippen LogP contribution in [0.5, 0.6) is 11.5 Å². The number of fused-ring (bicyclic) bond motifs is 1. The second kappa shape index (κ2) is 5.39. The predicted octanol–water partition coefficient (Wildman–Crippen LogP) is 1.99. The van der Waals surface area contributed by atoms with Gasteiger partial charge in [0.1, 0.15) is 0 Å². The van der Waals surface area contributed by atoms with E-state index in [2.05, 4.69) is 36.2 Å². The Balaban J connectivity index is 1.72. The Morgan fingerprint density at radius 1 is 1.32 bits per heavy atom. The van der Waals surface area contributed by atoms with Crippen molar-refractivity contribution in [3.8, 4) is 11.5 Å². The summed E-state index contributed by atoms with van der Waals surface area (Å²) >= 11 is 0. The molecule has 2 atom stereocenters. The summed E-state index contributed by atoms with van der Waals surface area (Å²) in [4.78, 5) is 2.57. The fourth-order valence-corrected chi connectivity index (χ4v) is 2.90. The largest absolute Gasteiger partial charge is 0.454 e. The number of benzene rings is 1. The number of piperazine rings is 1. The molecule has 0 spiro atoms. The highest BCUT2D eigenvalue weighted by Gasteiger charge is 2.24. The van der Waals surface area contributed by atoms with Crippen molar-refractivity contribution in [3.05, 3.63) is 23.8 Å². The molecule has 3 rings (SSSR count). The molecule has 2 aliphatic heterocycles. The Morgan fingerprint density at radius 3 is 3.00 bits per heavy atom. The Bertz CT molecular complexity index is 450. The Kier molecular flexibility index (Phi) is 3.62. The molecule has 0 radical (unpaired) electrons. The second-order valence-corrected chi connectivity index (χ2v) is 5.49. The summed E-state index contributed by atoms with van der Waals surface area (Å²) in [6.45, 7) is 8.03. The van der Waals surface area contributed by atoms with Crippen LogP contribution in [-0.2, 0) is 6.54 Å². The number of ether oxygens (including phenoxy) is 2. The zero-order valence-corrected chi connectivity index (χ0v) is 11.7. The van der Waals surface area contributed by atoms with Crippen LogP contribution >= 0.6 is 0 Å². The highest BCUT2D eigenvalue weighted by Crippen LogP contribution is 2.33. The van der Waals surface area contributed by atoms with Gasteiger partial charge >= 0.3 is 0 Å². The van der Waals surface area contributed by atoms with Crippen molar-refractivity contribution in [2.24, 2.45) is 0 Å². The summed E-state index contributed by atoms with van der Waals surface area (Å²) in [6.07, 6.45) is 1.18. The van der Waals surface area contributed by atoms with E-state index in [9.17, 15) is 0 Å². The lowest BCUT2D eigenvalue weighted by molar-refractivity contribution is 0.124. The van der Waals surface area contributed by atoms with Gasteiger partial charge in [-0.3, -0.25) is 4.90 Å². The van der Waals surface area contributed by atoms with E-state index < -0.39 is 0 Å². The molecule has 104 valence electrons. The van der Waals surface area contributed by atoms with E-state index in [0.29, 0.717) is 18.9 Å². The number of nitrogens with one attached hydrogen (secondary N) is 1. The van der Waals surface area contributed by atoms with E-state index in [-0.39, 0.29) is 0 Å². The van der Waals surface area contributed by atoms with Crippen LogP contribution in [0.1, 0.15) is 25.8 Å². The molecule has 0 amide bonds. The smallest absolute Gasteiger partial charge is 0.231 e. The average Bonchev–Trinajstić information content (AvgIpc) is 2.86. The van der Waals surface area contributed by atoms with Gasteiger partial charge in [0, 0.05) is 31.7 Å². The molecule has 1 N–H and O–H groups in total. The molecule has 1 fully saturated rings. The molecule has 4 heteroatoms. The molecule has 0 aromatic heterocycles. The van der Waals surface area contributed by atoms with Crippen LogP contribution in [0.3, 0.4) is 0 Å². The fourth-order valence-electron chi connectivity index (χ4n) is 2.90. The van der Waals surface area contributed by atoms with Gasteiger partial charge in [-0.1, -0.05) is 13.0 Å². The van der Waals surface area contributed by atoms with Crippen molar-refractivity contribution in [1.82, 2.24) is 10.2 Å². The van der Waals surface area contributed by atoms with E-state index >= 15 is 0 Å². The van der Waals surface area contributed by atoms with Gasteiger partial charge < -0.3 is 14.8 Å². The summed E-state index contributed by atoms with van der Waals surface area (Å²) in [6, 6.07) is 7.47. The van der Waals surface area contributed by atoms with Gasteiger partial charge in [0.15, 0.2) is 11.5 Å². The van der Waals surface area contributed by atoms with E-state index in [1.807, 2.05) is 6.07 Å². The molecule has 1 saturated heterocycles. The van der Waals surface area contributed by atoms with Crippen LogP contribution in [-0.4, -0.2) is 36.9 Å². The molecule has 19 heavy (non-hydrogen) atoms. The van der Waals surface area contributed by atoms with Crippen LogP contribution in [0.15, 0.2) is 18.2 Å². The molecule has 0 bridgehead atoms. The minimum absolute atomic E-state index is 0.348. The summed E-state index contributed by atoms with van der Waals surface area (Å²) in [5.41, 5.74) is 1.30. The van der Waals surface area contributed by atoms with Gasteiger partial charge in [-0.25, -0.2) is 0 Å². The number of nitrogens with zero attached hydrogens (tertiary/aromatic N) is 1. The van der Waals surface area contributed by atoms with Crippen molar-refractivity contribution >= 4 is 0 Å². The van der Waals surface area contributed by atoms with Crippen LogP contribution in [0.4, 0.5) is 0 Å². The third kappa shape index (κ3) is 2.69. The van der Waals surface area contributed by atoms with Crippen molar-refractivity contribution in [2.45, 2.75) is 38.9 Å². The zero-order valence-electron chi connectivity index (χ0n) is 11.7. The van der Waals surface area contributed by atoms with E-state index in [0.717, 1.165) is 31.1 Å². The maximum atomic E-state index is 5.45. The van der Waals surface area contributed by atoms with E-state index in [4.69, 9.17) is 9.47 Å². The summed E-state index contributed by atoms with van der Waals surface area (Å²) in [5.74, 6) is 1.75. The van der Waals surface area contributed by atoms with Crippen molar-refractivity contribution in [1.29, 1.82) is 0 Å². The zero-order chi connectivity index (χ0) is 13.2. The maximum absolute atomic E-state index is 5.45. The lowest BCUT2D eigenvalue weighted by Crippen LogP contribution is -2.54. The Labute approximate surface area is 114 Å². The third-order valence-electron chi connectivity index (χ3n) is 4.02. The summed E-state index contributed by atoms with van der Waals surface area (Å²) in [5, 5.41) is 3.55. The molecule has 1 aromatic carbocycles. The fraction of sp³-hybridized carbons (Fsp3) is 0.600. The molecule has 2 unspecified atom stereocenters. The van der Waals surface area contributed by atoms with Gasteiger partial charge in [-0.05, 0) is 31.0 Å². The number of rotatable bonds is 3. The van der Waals surface area contributed by atoms with Crippen molar-refractivity contribution in [2.75, 3.05) is 19.9 Å². The van der Waals surface area contributed by atoms with Crippen LogP contribution in [0.2, 0.25) is 0 Å². The van der Waals surface area contributed by atoms with E-state index in [1.54, 1.807) is 0 Å². The third-order valence-corrected chi connectivity index (χ3v) is 4.02. The molecular formula is C15H22N2O2. The lowest BCUT2D eigenvalue weighted by atomic mass is 10.1. The predicted molar refractivity (Wildman–Crippen MR) is 74.5 cm³/mol. The second-order valence-electron chi connectivity index (χ2n) is 5.49. The molecule has 1 aromatic rings. The molecule has 0 saturated carbocycles. The first-order valence-electron chi connectivity index (χ1n) is 7.12. The topological polar surface area (TPSA) is 33.7 Å². The Morgan fingerprint density at radius 2 is 2.16 bits per heavy atom. The minimum atomic E-state index is 0.348. The van der Waals surface area contributed by atoms with Gasteiger partial charge in [0.25, 0.3) is 0 Å². The first kappa shape index (κ1) is 12.8. The van der Waals surface area contributed by atoms with Gasteiger partial charge in [0.2, 0.25) is 6.79 Å². The maximum Gasteiger partial charge on any atom is 0.231 e. The average molecular weight is 262 g/mol. The first-order chi connectivity index (χ1) is 9.26. The van der Waals surface area contributed by atoms with Gasteiger partial charge in [0.05, 0.1) is 0 Å². The standard InChI is InChI=1S/C15H22N2O2/c1-3-13-7-16-11(2)8-17(13)9-12-4-5-14-15(6-12)19-10-18-14/h4-6,11,13,16H,3,7-10H2,1-2H3. The van der Waals surface area contributed by atoms with E-state index in [1.165, 1.54) is 12.0 Å². The SMILES string of the molecule is CCC1CNC(C)CN1Cc1ccc2c(c1)OCO2. The van der Waals surface area contributed by atoms with Crippen molar-refractivity contribution in [3.63, 3.8) is 0 Å². The number of hydrogen-bond donors (Lipinski definition) is 1. The van der Waals surface area contributed by atoms with Crippen LogP contribution in [0.25, 0.3) is 0 Å². The molecule has 0 aliphatic carbocycles. The Hall–Kier alpha value is -1.26.